The van der Waals surface area contributed by atoms with Crippen LogP contribution in [0.15, 0.2) is 0 Å². The van der Waals surface area contributed by atoms with Crippen molar-refractivity contribution in [3.63, 3.8) is 0 Å². The van der Waals surface area contributed by atoms with Crippen molar-refractivity contribution in [2.75, 3.05) is 39.4 Å². The largest absolute Gasteiger partial charge is 0.392 e. The van der Waals surface area contributed by atoms with Crippen molar-refractivity contribution in [2.24, 2.45) is 0 Å². The number of hydrogen-bond donors (Lipinski definition) is 2. The second-order valence-electron chi connectivity index (χ2n) is 7.61. The van der Waals surface area contributed by atoms with E-state index in [4.69, 9.17) is 9.47 Å². The van der Waals surface area contributed by atoms with Gasteiger partial charge in [0, 0.05) is 0 Å². The molecule has 146 valence electrons. The molecule has 4 heterocycles. The van der Waals surface area contributed by atoms with E-state index in [2.05, 4.69) is 0 Å². The number of fused-ring (bicyclic) bond motifs is 1. The molecule has 0 saturated carbocycles. The third-order valence-electron chi connectivity index (χ3n) is 5.05. The number of rotatable bonds is 8. The summed E-state index contributed by atoms with van der Waals surface area (Å²) >= 11 is 0. The van der Waals surface area contributed by atoms with Gasteiger partial charge in [-0.05, 0) is 13.8 Å². The predicted octanol–water partition coefficient (Wildman–Crippen LogP) is -1.33. The number of nitrogens with zero attached hydrogens (tertiary/aromatic N) is 4. The van der Waals surface area contributed by atoms with Crippen LogP contribution in [0.4, 0.5) is 9.59 Å². The number of carbonyl (C=O) groups excluding carboxylic acids is 2. The molecular weight excluding hydrogens is 344 g/mol. The number of hydrogen-bond acceptors (Lipinski definition) is 6. The molecule has 0 aromatic heterocycles. The highest BCUT2D eigenvalue weighted by Crippen LogP contribution is 2.37. The zero-order valence-electron chi connectivity index (χ0n) is 15.0. The fourth-order valence-corrected chi connectivity index (χ4v) is 3.86. The van der Waals surface area contributed by atoms with Gasteiger partial charge in [-0.15, -0.1) is 0 Å². The van der Waals surface area contributed by atoms with E-state index in [1.165, 1.54) is 9.80 Å². The maximum Gasteiger partial charge on any atom is 0.323 e. The molecule has 4 aliphatic heterocycles. The molecule has 6 unspecified atom stereocenters. The van der Waals surface area contributed by atoms with Gasteiger partial charge in [0.15, 0.2) is 0 Å². The standard InChI is InChI=1S/C16H26N4O6/c1-9(21)3-17-13-14(18(15(17)23)4-10(2)22)20(6-12-8-26-12)16(24)19(13)5-11-7-25-11/h9-14,21-22H,3-8H2,1-2H3. The molecule has 4 aliphatic rings. The number of urea groups is 2. The van der Waals surface area contributed by atoms with Gasteiger partial charge in [-0.25, -0.2) is 9.59 Å². The summed E-state index contributed by atoms with van der Waals surface area (Å²) < 4.78 is 10.6. The fraction of sp³-hybridized carbons (Fsp3) is 0.875. The molecule has 0 radical (unpaired) electrons. The molecule has 0 aliphatic carbocycles. The molecule has 0 spiro atoms. The number of carbonyl (C=O) groups is 2. The van der Waals surface area contributed by atoms with Crippen LogP contribution < -0.4 is 0 Å². The highest BCUT2D eigenvalue weighted by Gasteiger charge is 2.60. The van der Waals surface area contributed by atoms with Crippen molar-refractivity contribution >= 4 is 12.1 Å². The normalized spacial score (nSPS) is 35.2. The quantitative estimate of drug-likeness (QED) is 0.512. The molecule has 0 bridgehead atoms. The Kier molecular flexibility index (Phi) is 4.46. The van der Waals surface area contributed by atoms with Gasteiger partial charge in [-0.1, -0.05) is 0 Å². The van der Waals surface area contributed by atoms with Crippen LogP contribution in [0.3, 0.4) is 0 Å². The highest BCUT2D eigenvalue weighted by atomic mass is 16.6. The smallest absolute Gasteiger partial charge is 0.323 e. The third kappa shape index (κ3) is 3.22. The van der Waals surface area contributed by atoms with Gasteiger partial charge in [0.2, 0.25) is 0 Å². The maximum atomic E-state index is 13.1. The molecule has 4 saturated heterocycles. The van der Waals surface area contributed by atoms with Gasteiger partial charge < -0.3 is 19.7 Å². The second-order valence-corrected chi connectivity index (χ2v) is 7.61. The van der Waals surface area contributed by atoms with Gasteiger partial charge in [-0.2, -0.15) is 0 Å². The van der Waals surface area contributed by atoms with Crippen molar-refractivity contribution in [3.8, 4) is 0 Å². The van der Waals surface area contributed by atoms with Crippen LogP contribution in [-0.2, 0) is 9.47 Å². The van der Waals surface area contributed by atoms with E-state index in [0.717, 1.165) is 0 Å². The molecule has 10 nitrogen and oxygen atoms in total. The summed E-state index contributed by atoms with van der Waals surface area (Å²) in [5.41, 5.74) is 0. The Labute approximate surface area is 151 Å². The molecule has 0 aromatic carbocycles. The predicted molar refractivity (Wildman–Crippen MR) is 88.0 cm³/mol. The lowest BCUT2D eigenvalue weighted by molar-refractivity contribution is 0.0739. The Balaban J connectivity index is 1.66. The van der Waals surface area contributed by atoms with Crippen LogP contribution in [-0.4, -0.2) is 118 Å². The van der Waals surface area contributed by atoms with Crippen LogP contribution in [0, 0.1) is 0 Å². The molecule has 4 amide bonds. The highest BCUT2D eigenvalue weighted by molar-refractivity contribution is 5.85. The average Bonchev–Trinajstić information content (AvgIpc) is 3.46. The number of aliphatic hydroxyl groups is 2. The summed E-state index contributed by atoms with van der Waals surface area (Å²) in [7, 11) is 0. The second kappa shape index (κ2) is 6.52. The summed E-state index contributed by atoms with van der Waals surface area (Å²) in [4.78, 5) is 32.4. The minimum Gasteiger partial charge on any atom is -0.392 e. The molecule has 26 heavy (non-hydrogen) atoms. The van der Waals surface area contributed by atoms with Crippen molar-refractivity contribution in [1.29, 1.82) is 0 Å². The molecular formula is C16H26N4O6. The van der Waals surface area contributed by atoms with Crippen LogP contribution in [0.25, 0.3) is 0 Å². The first-order chi connectivity index (χ1) is 12.4. The Morgan fingerprint density at radius 3 is 1.50 bits per heavy atom. The van der Waals surface area contributed by atoms with E-state index in [-0.39, 0.29) is 37.4 Å². The van der Waals surface area contributed by atoms with E-state index in [0.29, 0.717) is 26.3 Å². The van der Waals surface area contributed by atoms with Crippen LogP contribution >= 0.6 is 0 Å². The lowest BCUT2D eigenvalue weighted by Crippen LogP contribution is -2.50. The van der Waals surface area contributed by atoms with Crippen LogP contribution in [0.2, 0.25) is 0 Å². The molecule has 6 atom stereocenters. The summed E-state index contributed by atoms with van der Waals surface area (Å²) in [6, 6.07) is -0.442. The van der Waals surface area contributed by atoms with Gasteiger partial charge in [0.05, 0.1) is 63.8 Å². The van der Waals surface area contributed by atoms with Gasteiger partial charge in [0.1, 0.15) is 12.3 Å². The first-order valence-electron chi connectivity index (χ1n) is 9.10. The minimum atomic E-state index is -0.721. The van der Waals surface area contributed by atoms with Crippen molar-refractivity contribution in [1.82, 2.24) is 19.6 Å². The topological polar surface area (TPSA) is 113 Å². The minimum absolute atomic E-state index is 0.00829. The van der Waals surface area contributed by atoms with Crippen LogP contribution in [0.1, 0.15) is 13.8 Å². The zero-order chi connectivity index (χ0) is 18.6. The monoisotopic (exact) mass is 370 g/mol. The molecule has 0 aromatic rings. The van der Waals surface area contributed by atoms with E-state index >= 15 is 0 Å². The maximum absolute atomic E-state index is 13.1. The van der Waals surface area contributed by atoms with Gasteiger partial charge in [0.25, 0.3) is 0 Å². The third-order valence-corrected chi connectivity index (χ3v) is 5.05. The molecule has 2 N–H and O–H groups in total. The Hall–Kier alpha value is -1.62. The Morgan fingerprint density at radius 1 is 0.846 bits per heavy atom. The fourth-order valence-electron chi connectivity index (χ4n) is 3.86. The van der Waals surface area contributed by atoms with E-state index in [9.17, 15) is 19.8 Å². The lowest BCUT2D eigenvalue weighted by Gasteiger charge is -2.30. The lowest BCUT2D eigenvalue weighted by atomic mass is 10.2. The number of aliphatic hydroxyl groups excluding tert-OH is 2. The summed E-state index contributed by atoms with van der Waals surface area (Å²) in [6.07, 6.45) is -2.48. The SMILES string of the molecule is CC(O)CN1C(=O)N(CC(C)O)C2C1N(CC1CO1)C(=O)N2CC1CO1. The van der Waals surface area contributed by atoms with Gasteiger partial charge in [-0.3, -0.25) is 19.6 Å². The summed E-state index contributed by atoms with van der Waals surface area (Å²) in [5.74, 6) is 0. The summed E-state index contributed by atoms with van der Waals surface area (Å²) in [6.45, 7) is 5.51. The van der Waals surface area contributed by atoms with Crippen molar-refractivity contribution < 1.29 is 29.3 Å². The number of β-amino-alcohol motifs (C(OH)–C–C–N with tert-alkyl or cyclic N) is 2. The van der Waals surface area contributed by atoms with Crippen LogP contribution in [0.5, 0.6) is 0 Å². The Morgan fingerprint density at radius 2 is 1.19 bits per heavy atom. The molecule has 10 heteroatoms. The molecule has 4 fully saturated rings. The first kappa shape index (κ1) is 17.8. The first-order valence-corrected chi connectivity index (χ1v) is 9.10. The van der Waals surface area contributed by atoms with Gasteiger partial charge >= 0.3 is 12.1 Å². The van der Waals surface area contributed by atoms with E-state index in [1.54, 1.807) is 23.6 Å². The van der Waals surface area contributed by atoms with E-state index in [1.807, 2.05) is 0 Å². The van der Waals surface area contributed by atoms with Crippen molar-refractivity contribution in [3.05, 3.63) is 0 Å². The molecule has 4 rings (SSSR count). The average molecular weight is 370 g/mol. The zero-order valence-corrected chi connectivity index (χ0v) is 15.0. The number of epoxide rings is 2. The summed E-state index contributed by atoms with van der Waals surface area (Å²) in [5, 5.41) is 19.7. The van der Waals surface area contributed by atoms with Crippen molar-refractivity contribution in [2.45, 2.75) is 50.6 Å². The number of amides is 4. The van der Waals surface area contributed by atoms with E-state index < -0.39 is 24.5 Å². The number of ether oxygens (including phenoxy) is 2. The Bertz CT molecular complexity index is 501.